The van der Waals surface area contributed by atoms with Crippen LogP contribution in [0.25, 0.3) is 21.8 Å². The first-order chi connectivity index (χ1) is 16.5. The van der Waals surface area contributed by atoms with E-state index in [4.69, 9.17) is 21.3 Å². The molecule has 2 amide bonds. The number of nitrogens with zero attached hydrogens (tertiary/aromatic N) is 2. The molecule has 1 aliphatic heterocycles. The largest absolute Gasteiger partial charge is 0.479 e. The second-order valence-electron chi connectivity index (χ2n) is 7.80. The molecule has 1 N–H and O–H groups in total. The number of anilines is 2. The second-order valence-corrected chi connectivity index (χ2v) is 9.06. The molecule has 0 aliphatic carbocycles. The normalized spacial score (nSPS) is 14.9. The van der Waals surface area contributed by atoms with Crippen LogP contribution in [0.15, 0.2) is 78.2 Å². The van der Waals surface area contributed by atoms with Crippen molar-refractivity contribution in [3.8, 4) is 27.6 Å². The number of hydrogen-bond acceptors (Lipinski definition) is 5. The lowest BCUT2D eigenvalue weighted by Gasteiger charge is -2.32. The lowest BCUT2D eigenvalue weighted by Crippen LogP contribution is -2.47. The Kier molecular flexibility index (Phi) is 6.04. The molecule has 1 unspecified atom stereocenters. The third-order valence-corrected chi connectivity index (χ3v) is 6.66. The fraction of sp³-hybridized carbons (Fsp3) is 0.115. The van der Waals surface area contributed by atoms with Crippen molar-refractivity contribution in [3.63, 3.8) is 0 Å². The molecule has 2 heterocycles. The number of aromatic nitrogens is 1. The van der Waals surface area contributed by atoms with Crippen LogP contribution in [0, 0.1) is 0 Å². The predicted molar refractivity (Wildman–Crippen MR) is 136 cm³/mol. The van der Waals surface area contributed by atoms with E-state index in [2.05, 4.69) is 5.32 Å². The molecule has 1 aliphatic rings. The fourth-order valence-electron chi connectivity index (χ4n) is 3.74. The van der Waals surface area contributed by atoms with Gasteiger partial charge in [0, 0.05) is 16.5 Å². The molecular weight excluding hydrogens is 470 g/mol. The number of fused-ring (bicyclic) bond motifs is 1. The predicted octanol–water partition coefficient (Wildman–Crippen LogP) is 5.88. The standard InChI is InChI=1S/C26H20ClN3O3S/c1-16-26(32)30(14-24(31)28-20-10-6-5-9-19(20)27)22-13-18(11-12-23(22)33-16)21-15-34-25(29-21)17-7-3-2-4-8-17/h2-13,15-16H,14H2,1H3,(H,28,31). The first-order valence-electron chi connectivity index (χ1n) is 10.7. The van der Waals surface area contributed by atoms with Crippen molar-refractivity contribution in [1.82, 2.24) is 4.98 Å². The van der Waals surface area contributed by atoms with Crippen LogP contribution in [0.1, 0.15) is 6.92 Å². The van der Waals surface area contributed by atoms with Crippen molar-refractivity contribution in [2.45, 2.75) is 13.0 Å². The zero-order valence-electron chi connectivity index (χ0n) is 18.2. The van der Waals surface area contributed by atoms with Crippen LogP contribution in [0.2, 0.25) is 5.02 Å². The van der Waals surface area contributed by atoms with Crippen molar-refractivity contribution in [3.05, 3.63) is 83.2 Å². The Morgan fingerprint density at radius 3 is 2.65 bits per heavy atom. The van der Waals surface area contributed by atoms with Crippen LogP contribution >= 0.6 is 22.9 Å². The Balaban J connectivity index is 1.44. The van der Waals surface area contributed by atoms with Gasteiger partial charge in [-0.1, -0.05) is 54.1 Å². The summed E-state index contributed by atoms with van der Waals surface area (Å²) < 4.78 is 5.80. The second kappa shape index (κ2) is 9.29. The summed E-state index contributed by atoms with van der Waals surface area (Å²) >= 11 is 7.71. The molecule has 4 aromatic rings. The minimum Gasteiger partial charge on any atom is -0.479 e. The minimum atomic E-state index is -0.699. The van der Waals surface area contributed by atoms with Gasteiger partial charge in [-0.05, 0) is 37.3 Å². The summed E-state index contributed by atoms with van der Waals surface area (Å²) in [6.45, 7) is 1.51. The van der Waals surface area contributed by atoms with Crippen LogP contribution in [0.4, 0.5) is 11.4 Å². The van der Waals surface area contributed by atoms with Gasteiger partial charge in [-0.25, -0.2) is 4.98 Å². The highest BCUT2D eigenvalue weighted by Gasteiger charge is 2.33. The topological polar surface area (TPSA) is 71.5 Å². The highest BCUT2D eigenvalue weighted by atomic mass is 35.5. The van der Waals surface area contributed by atoms with Crippen LogP contribution in [-0.2, 0) is 9.59 Å². The summed E-state index contributed by atoms with van der Waals surface area (Å²) in [5.74, 6) is -0.103. The average molecular weight is 490 g/mol. The van der Waals surface area contributed by atoms with E-state index in [-0.39, 0.29) is 18.4 Å². The smallest absolute Gasteiger partial charge is 0.268 e. The maximum atomic E-state index is 13.0. The number of halogens is 1. The average Bonchev–Trinajstić information content (AvgIpc) is 3.34. The monoisotopic (exact) mass is 489 g/mol. The summed E-state index contributed by atoms with van der Waals surface area (Å²) in [4.78, 5) is 32.0. The number of thiazole rings is 1. The minimum absolute atomic E-state index is 0.166. The molecular formula is C26H20ClN3O3S. The van der Waals surface area contributed by atoms with E-state index in [0.717, 1.165) is 21.8 Å². The summed E-state index contributed by atoms with van der Waals surface area (Å²) in [6, 6.07) is 22.5. The van der Waals surface area contributed by atoms with Gasteiger partial charge in [0.25, 0.3) is 5.91 Å². The van der Waals surface area contributed by atoms with E-state index in [9.17, 15) is 9.59 Å². The molecule has 3 aromatic carbocycles. The molecule has 0 radical (unpaired) electrons. The molecule has 170 valence electrons. The molecule has 8 heteroatoms. The van der Waals surface area contributed by atoms with Crippen molar-refractivity contribution < 1.29 is 14.3 Å². The van der Waals surface area contributed by atoms with Crippen molar-refractivity contribution >= 4 is 46.1 Å². The molecule has 34 heavy (non-hydrogen) atoms. The van der Waals surface area contributed by atoms with Crippen LogP contribution < -0.4 is 15.0 Å². The van der Waals surface area contributed by atoms with E-state index < -0.39 is 6.10 Å². The van der Waals surface area contributed by atoms with Gasteiger partial charge < -0.3 is 10.1 Å². The number of carbonyl (C=O) groups excluding carboxylic acids is 2. The molecule has 0 bridgehead atoms. The fourth-order valence-corrected chi connectivity index (χ4v) is 4.76. The van der Waals surface area contributed by atoms with Gasteiger partial charge in [0.15, 0.2) is 6.10 Å². The van der Waals surface area contributed by atoms with Crippen LogP contribution in [0.3, 0.4) is 0 Å². The van der Waals surface area contributed by atoms with E-state index in [0.29, 0.717) is 22.1 Å². The molecule has 1 atom stereocenters. The van der Waals surface area contributed by atoms with Gasteiger partial charge in [0.1, 0.15) is 17.3 Å². The molecule has 5 rings (SSSR count). The third-order valence-electron chi connectivity index (χ3n) is 5.44. The lowest BCUT2D eigenvalue weighted by atomic mass is 10.1. The maximum absolute atomic E-state index is 13.0. The van der Waals surface area contributed by atoms with Gasteiger partial charge in [-0.2, -0.15) is 0 Å². The SMILES string of the molecule is CC1Oc2ccc(-c3csc(-c4ccccc4)n3)cc2N(CC(=O)Nc2ccccc2Cl)C1=O. The number of ether oxygens (including phenoxy) is 1. The zero-order chi connectivity index (χ0) is 23.7. The van der Waals surface area contributed by atoms with Gasteiger partial charge in [0.05, 0.1) is 22.1 Å². The third kappa shape index (κ3) is 4.40. The molecule has 1 aromatic heterocycles. The summed E-state index contributed by atoms with van der Waals surface area (Å²) in [7, 11) is 0. The highest BCUT2D eigenvalue weighted by molar-refractivity contribution is 7.13. The van der Waals surface area contributed by atoms with Gasteiger partial charge in [-0.3, -0.25) is 14.5 Å². The number of nitrogens with one attached hydrogen (secondary N) is 1. The Hall–Kier alpha value is -3.68. The quantitative estimate of drug-likeness (QED) is 0.380. The van der Waals surface area contributed by atoms with E-state index >= 15 is 0 Å². The first kappa shape index (κ1) is 22.1. The number of carbonyl (C=O) groups is 2. The van der Waals surface area contributed by atoms with Gasteiger partial charge >= 0.3 is 0 Å². The van der Waals surface area contributed by atoms with Crippen LogP contribution in [0.5, 0.6) is 5.75 Å². The lowest BCUT2D eigenvalue weighted by molar-refractivity contribution is -0.127. The number of amides is 2. The summed E-state index contributed by atoms with van der Waals surface area (Å²) in [6.07, 6.45) is -0.699. The maximum Gasteiger partial charge on any atom is 0.268 e. The highest BCUT2D eigenvalue weighted by Crippen LogP contribution is 2.38. The summed E-state index contributed by atoms with van der Waals surface area (Å²) in [5.41, 5.74) is 3.69. The molecule has 0 fully saturated rings. The Morgan fingerprint density at radius 1 is 1.09 bits per heavy atom. The Bertz CT molecular complexity index is 1370. The molecule has 0 saturated heterocycles. The number of para-hydroxylation sites is 1. The number of benzene rings is 3. The van der Waals surface area contributed by atoms with E-state index in [1.54, 1.807) is 42.5 Å². The summed E-state index contributed by atoms with van der Waals surface area (Å²) in [5, 5.41) is 6.09. The van der Waals surface area contributed by atoms with Crippen molar-refractivity contribution in [1.29, 1.82) is 0 Å². The number of rotatable bonds is 5. The van der Waals surface area contributed by atoms with Gasteiger partial charge in [0.2, 0.25) is 5.91 Å². The van der Waals surface area contributed by atoms with Crippen molar-refractivity contribution in [2.75, 3.05) is 16.8 Å². The first-order valence-corrected chi connectivity index (χ1v) is 11.9. The molecule has 6 nitrogen and oxygen atoms in total. The Labute approximate surface area is 205 Å². The zero-order valence-corrected chi connectivity index (χ0v) is 19.8. The molecule has 0 saturated carbocycles. The van der Waals surface area contributed by atoms with Crippen molar-refractivity contribution in [2.24, 2.45) is 0 Å². The van der Waals surface area contributed by atoms with Gasteiger partial charge in [-0.15, -0.1) is 11.3 Å². The van der Waals surface area contributed by atoms with Crippen LogP contribution in [-0.4, -0.2) is 29.4 Å². The number of hydrogen-bond donors (Lipinski definition) is 1. The Morgan fingerprint density at radius 2 is 1.85 bits per heavy atom. The van der Waals surface area contributed by atoms with E-state index in [1.807, 2.05) is 53.9 Å². The van der Waals surface area contributed by atoms with E-state index in [1.165, 1.54) is 4.90 Å². The molecule has 0 spiro atoms.